The summed E-state index contributed by atoms with van der Waals surface area (Å²) in [6.45, 7) is 0. The van der Waals surface area contributed by atoms with Crippen LogP contribution in [0.25, 0.3) is 0 Å². The SMILES string of the molecule is O=C1CCc2cc(NC(=O)c3cccc(Cl)n3)ccc2N1. The molecule has 0 unspecified atom stereocenters. The van der Waals surface area contributed by atoms with Crippen molar-refractivity contribution in [2.45, 2.75) is 12.8 Å². The zero-order valence-electron chi connectivity index (χ0n) is 11.0. The minimum atomic E-state index is -0.322. The predicted octanol–water partition coefficient (Wildman–Crippen LogP) is 2.87. The molecule has 0 bridgehead atoms. The van der Waals surface area contributed by atoms with Crippen LogP contribution < -0.4 is 10.6 Å². The molecule has 0 spiro atoms. The van der Waals surface area contributed by atoms with Crippen molar-refractivity contribution in [2.24, 2.45) is 0 Å². The summed E-state index contributed by atoms with van der Waals surface area (Å²) >= 11 is 5.77. The number of benzene rings is 1. The number of halogens is 1. The van der Waals surface area contributed by atoms with E-state index in [9.17, 15) is 9.59 Å². The van der Waals surface area contributed by atoms with Crippen molar-refractivity contribution in [1.29, 1.82) is 0 Å². The summed E-state index contributed by atoms with van der Waals surface area (Å²) in [7, 11) is 0. The Labute approximate surface area is 126 Å². The van der Waals surface area contributed by atoms with E-state index < -0.39 is 0 Å². The second kappa shape index (κ2) is 5.54. The first kappa shape index (κ1) is 13.6. The molecule has 2 heterocycles. The van der Waals surface area contributed by atoms with Crippen molar-refractivity contribution in [1.82, 2.24) is 4.98 Å². The van der Waals surface area contributed by atoms with Crippen LogP contribution in [0, 0.1) is 0 Å². The Balaban J connectivity index is 1.79. The van der Waals surface area contributed by atoms with Gasteiger partial charge in [0.25, 0.3) is 5.91 Å². The molecule has 3 rings (SSSR count). The maximum absolute atomic E-state index is 12.1. The number of amides is 2. The third kappa shape index (κ3) is 3.03. The highest BCUT2D eigenvalue weighted by atomic mass is 35.5. The lowest BCUT2D eigenvalue weighted by Crippen LogP contribution is -2.19. The Hall–Kier alpha value is -2.40. The summed E-state index contributed by atoms with van der Waals surface area (Å²) in [4.78, 5) is 27.4. The molecule has 106 valence electrons. The van der Waals surface area contributed by atoms with E-state index in [1.54, 1.807) is 30.3 Å². The van der Waals surface area contributed by atoms with Crippen LogP contribution in [-0.2, 0) is 11.2 Å². The molecule has 0 atom stereocenters. The zero-order valence-corrected chi connectivity index (χ0v) is 11.8. The second-order valence-electron chi connectivity index (χ2n) is 4.72. The fraction of sp³-hybridized carbons (Fsp3) is 0.133. The van der Waals surface area contributed by atoms with Gasteiger partial charge in [-0.25, -0.2) is 4.98 Å². The first-order chi connectivity index (χ1) is 10.1. The van der Waals surface area contributed by atoms with Gasteiger partial charge in [-0.2, -0.15) is 0 Å². The lowest BCUT2D eigenvalue weighted by atomic mass is 10.0. The van der Waals surface area contributed by atoms with Gasteiger partial charge in [-0.3, -0.25) is 9.59 Å². The van der Waals surface area contributed by atoms with E-state index in [0.29, 0.717) is 18.5 Å². The van der Waals surface area contributed by atoms with E-state index in [1.807, 2.05) is 6.07 Å². The maximum Gasteiger partial charge on any atom is 0.274 e. The number of nitrogens with one attached hydrogen (secondary N) is 2. The first-order valence-electron chi connectivity index (χ1n) is 6.48. The van der Waals surface area contributed by atoms with Crippen LogP contribution >= 0.6 is 11.6 Å². The van der Waals surface area contributed by atoms with Gasteiger partial charge < -0.3 is 10.6 Å². The Kier molecular flexibility index (Phi) is 3.58. The van der Waals surface area contributed by atoms with Crippen LogP contribution in [0.4, 0.5) is 11.4 Å². The molecule has 6 heteroatoms. The highest BCUT2D eigenvalue weighted by molar-refractivity contribution is 6.29. The van der Waals surface area contributed by atoms with Crippen molar-refractivity contribution in [2.75, 3.05) is 10.6 Å². The van der Waals surface area contributed by atoms with Gasteiger partial charge in [-0.05, 0) is 42.3 Å². The van der Waals surface area contributed by atoms with E-state index in [4.69, 9.17) is 11.6 Å². The van der Waals surface area contributed by atoms with E-state index in [1.165, 1.54) is 0 Å². The molecular formula is C15H12ClN3O2. The lowest BCUT2D eigenvalue weighted by molar-refractivity contribution is -0.116. The predicted molar refractivity (Wildman–Crippen MR) is 80.6 cm³/mol. The summed E-state index contributed by atoms with van der Waals surface area (Å²) in [5.74, 6) is -0.306. The topological polar surface area (TPSA) is 71.1 Å². The molecule has 1 aromatic carbocycles. The summed E-state index contributed by atoms with van der Waals surface area (Å²) < 4.78 is 0. The van der Waals surface area contributed by atoms with Crippen LogP contribution in [0.15, 0.2) is 36.4 Å². The highest BCUT2D eigenvalue weighted by Gasteiger charge is 2.15. The number of carbonyl (C=O) groups excluding carboxylic acids is 2. The Morgan fingerprint density at radius 3 is 2.90 bits per heavy atom. The van der Waals surface area contributed by atoms with E-state index in [2.05, 4.69) is 15.6 Å². The van der Waals surface area contributed by atoms with E-state index >= 15 is 0 Å². The minimum absolute atomic E-state index is 0.0161. The largest absolute Gasteiger partial charge is 0.326 e. The minimum Gasteiger partial charge on any atom is -0.326 e. The van der Waals surface area contributed by atoms with Crippen LogP contribution in [-0.4, -0.2) is 16.8 Å². The number of pyridine rings is 1. The molecule has 2 amide bonds. The molecule has 1 aliphatic heterocycles. The van der Waals surface area contributed by atoms with Gasteiger partial charge in [0.05, 0.1) is 0 Å². The second-order valence-corrected chi connectivity index (χ2v) is 5.11. The van der Waals surface area contributed by atoms with Gasteiger partial charge in [-0.1, -0.05) is 17.7 Å². The maximum atomic E-state index is 12.1. The van der Waals surface area contributed by atoms with Gasteiger partial charge >= 0.3 is 0 Å². The van der Waals surface area contributed by atoms with Gasteiger partial charge in [0.2, 0.25) is 5.91 Å². The normalized spacial score (nSPS) is 13.3. The number of carbonyl (C=O) groups is 2. The summed E-state index contributed by atoms with van der Waals surface area (Å²) in [6, 6.07) is 10.3. The van der Waals surface area contributed by atoms with Gasteiger partial charge in [-0.15, -0.1) is 0 Å². The molecule has 5 nitrogen and oxygen atoms in total. The summed E-state index contributed by atoms with van der Waals surface area (Å²) in [5, 5.41) is 5.85. The van der Waals surface area contributed by atoms with Crippen molar-refractivity contribution >= 4 is 34.8 Å². The van der Waals surface area contributed by atoms with Crippen molar-refractivity contribution in [3.63, 3.8) is 0 Å². The average molecular weight is 302 g/mol. The molecule has 1 aromatic heterocycles. The molecule has 1 aliphatic rings. The number of anilines is 2. The first-order valence-corrected chi connectivity index (χ1v) is 6.86. The summed E-state index contributed by atoms with van der Waals surface area (Å²) in [5.41, 5.74) is 2.72. The van der Waals surface area contributed by atoms with Crippen LogP contribution in [0.1, 0.15) is 22.5 Å². The molecular weight excluding hydrogens is 290 g/mol. The average Bonchev–Trinajstić information content (AvgIpc) is 2.47. The molecule has 0 fully saturated rings. The number of hydrogen-bond acceptors (Lipinski definition) is 3. The quantitative estimate of drug-likeness (QED) is 0.838. The third-order valence-corrected chi connectivity index (χ3v) is 3.42. The highest BCUT2D eigenvalue weighted by Crippen LogP contribution is 2.25. The molecule has 0 aliphatic carbocycles. The number of hydrogen-bond donors (Lipinski definition) is 2. The lowest BCUT2D eigenvalue weighted by Gasteiger charge is -2.17. The van der Waals surface area contributed by atoms with Gasteiger partial charge in [0.1, 0.15) is 10.8 Å². The van der Waals surface area contributed by atoms with Crippen molar-refractivity contribution in [3.05, 3.63) is 52.8 Å². The smallest absolute Gasteiger partial charge is 0.274 e. The standard InChI is InChI=1S/C15H12ClN3O2/c16-13-3-1-2-12(18-13)15(21)17-10-5-6-11-9(8-10)4-7-14(20)19-11/h1-3,5-6,8H,4,7H2,(H,17,21)(H,19,20). The number of nitrogens with zero attached hydrogens (tertiary/aromatic N) is 1. The zero-order chi connectivity index (χ0) is 14.8. The summed E-state index contributed by atoms with van der Waals surface area (Å²) in [6.07, 6.45) is 1.13. The number of aromatic nitrogens is 1. The monoisotopic (exact) mass is 301 g/mol. The van der Waals surface area contributed by atoms with Crippen molar-refractivity contribution in [3.8, 4) is 0 Å². The molecule has 2 N–H and O–H groups in total. The molecule has 0 radical (unpaired) electrons. The van der Waals surface area contributed by atoms with Crippen molar-refractivity contribution < 1.29 is 9.59 Å². The molecule has 0 saturated heterocycles. The number of aryl methyl sites for hydroxylation is 1. The van der Waals surface area contributed by atoms with E-state index in [0.717, 1.165) is 11.3 Å². The van der Waals surface area contributed by atoms with Gasteiger partial charge in [0, 0.05) is 17.8 Å². The van der Waals surface area contributed by atoms with Crippen LogP contribution in [0.3, 0.4) is 0 Å². The molecule has 2 aromatic rings. The fourth-order valence-electron chi connectivity index (χ4n) is 2.19. The number of rotatable bonds is 2. The Morgan fingerprint density at radius 2 is 2.10 bits per heavy atom. The third-order valence-electron chi connectivity index (χ3n) is 3.21. The van der Waals surface area contributed by atoms with Gasteiger partial charge in [0.15, 0.2) is 0 Å². The van der Waals surface area contributed by atoms with Crippen LogP contribution in [0.2, 0.25) is 5.15 Å². The van der Waals surface area contributed by atoms with Crippen LogP contribution in [0.5, 0.6) is 0 Å². The molecule has 21 heavy (non-hydrogen) atoms. The number of fused-ring (bicyclic) bond motifs is 1. The van der Waals surface area contributed by atoms with E-state index in [-0.39, 0.29) is 22.7 Å². The fourth-order valence-corrected chi connectivity index (χ4v) is 2.35. The molecule has 0 saturated carbocycles. The Bertz CT molecular complexity index is 731. The Morgan fingerprint density at radius 1 is 1.24 bits per heavy atom.